The second-order valence-corrected chi connectivity index (χ2v) is 8.27. The Hall–Kier alpha value is -1.40. The fraction of sp³-hybridized carbons (Fsp3) is 0.562. The number of esters is 1. The average molecular weight is 325 g/mol. The topological polar surface area (TPSA) is 63.7 Å². The highest BCUT2D eigenvalue weighted by Crippen LogP contribution is 2.26. The molecule has 0 unspecified atom stereocenters. The summed E-state index contributed by atoms with van der Waals surface area (Å²) in [6.45, 7) is 2.16. The molecule has 0 aromatic heterocycles. The highest BCUT2D eigenvalue weighted by molar-refractivity contribution is 7.89. The van der Waals surface area contributed by atoms with Gasteiger partial charge in [-0.05, 0) is 43.4 Å². The molecule has 6 heteroatoms. The first-order valence-electron chi connectivity index (χ1n) is 7.54. The molecule has 0 bridgehead atoms. The minimum absolute atomic E-state index is 0.0645. The number of carbonyl (C=O) groups excluding carboxylic acids is 1. The van der Waals surface area contributed by atoms with E-state index in [1.165, 1.54) is 32.6 Å². The molecule has 1 aromatic carbocycles. The molecule has 1 aromatic rings. The van der Waals surface area contributed by atoms with Gasteiger partial charge in [0.15, 0.2) is 0 Å². The molecule has 1 saturated carbocycles. The van der Waals surface area contributed by atoms with Gasteiger partial charge in [-0.3, -0.25) is 0 Å². The van der Waals surface area contributed by atoms with Gasteiger partial charge in [-0.2, -0.15) is 0 Å². The summed E-state index contributed by atoms with van der Waals surface area (Å²) in [5.41, 5.74) is 0.279. The number of sulfonamides is 1. The van der Waals surface area contributed by atoms with E-state index in [2.05, 4.69) is 6.92 Å². The maximum absolute atomic E-state index is 12.2. The molecule has 1 aliphatic carbocycles. The molecule has 0 amide bonds. The molecule has 2 atom stereocenters. The third kappa shape index (κ3) is 3.87. The molecule has 0 aliphatic heterocycles. The number of ether oxygens (including phenoxy) is 1. The summed E-state index contributed by atoms with van der Waals surface area (Å²) in [5.74, 6) is 0.113. The van der Waals surface area contributed by atoms with Crippen LogP contribution in [-0.4, -0.2) is 38.9 Å². The van der Waals surface area contributed by atoms with Crippen LogP contribution < -0.4 is 0 Å². The minimum atomic E-state index is -3.55. The Balaban J connectivity index is 2.14. The monoisotopic (exact) mass is 325 g/mol. The first kappa shape index (κ1) is 17.0. The van der Waals surface area contributed by atoms with Crippen LogP contribution in [0.25, 0.3) is 0 Å². The van der Waals surface area contributed by atoms with Crippen molar-refractivity contribution in [3.63, 3.8) is 0 Å². The third-order valence-corrected chi connectivity index (χ3v) is 5.82. The average Bonchev–Trinajstić information content (AvgIpc) is 2.47. The van der Waals surface area contributed by atoms with E-state index in [1.54, 1.807) is 12.1 Å². The third-order valence-electron chi connectivity index (χ3n) is 4.01. The molecule has 1 aliphatic rings. The van der Waals surface area contributed by atoms with E-state index in [0.29, 0.717) is 5.92 Å². The molecule has 0 N–H and O–H groups in total. The quantitative estimate of drug-likeness (QED) is 0.798. The lowest BCUT2D eigenvalue weighted by Gasteiger charge is -2.26. The first-order valence-corrected chi connectivity index (χ1v) is 8.98. The lowest BCUT2D eigenvalue weighted by atomic mass is 9.89. The molecular formula is C16H23NO4S. The number of rotatable bonds is 4. The maximum Gasteiger partial charge on any atom is 0.338 e. The Morgan fingerprint density at radius 1 is 1.27 bits per heavy atom. The predicted molar refractivity (Wildman–Crippen MR) is 84.2 cm³/mol. The standard InChI is InChI=1S/C16H23NO4S/c1-12-6-4-8-14(10-12)21-16(18)13-7-5-9-15(11-13)22(19,20)17(2)3/h5,7,9,11-12,14H,4,6,8,10H2,1-3H3/t12-,14+/m0/s1. The van der Waals surface area contributed by atoms with Gasteiger partial charge in [0.05, 0.1) is 10.5 Å². The summed E-state index contributed by atoms with van der Waals surface area (Å²) in [4.78, 5) is 12.3. The van der Waals surface area contributed by atoms with Gasteiger partial charge in [0.1, 0.15) is 6.10 Å². The maximum atomic E-state index is 12.2. The van der Waals surface area contributed by atoms with Gasteiger partial charge < -0.3 is 4.74 Å². The lowest BCUT2D eigenvalue weighted by Crippen LogP contribution is -2.25. The van der Waals surface area contributed by atoms with Crippen molar-refractivity contribution in [3.8, 4) is 0 Å². The summed E-state index contributed by atoms with van der Waals surface area (Å²) in [5, 5.41) is 0. The Kier molecular flexibility index (Phi) is 5.24. The van der Waals surface area contributed by atoms with Crippen LogP contribution in [0.1, 0.15) is 43.0 Å². The summed E-state index contributed by atoms with van der Waals surface area (Å²) in [7, 11) is -0.625. The van der Waals surface area contributed by atoms with E-state index in [9.17, 15) is 13.2 Å². The van der Waals surface area contributed by atoms with E-state index in [4.69, 9.17) is 4.74 Å². The van der Waals surface area contributed by atoms with Gasteiger partial charge in [0, 0.05) is 14.1 Å². The summed E-state index contributed by atoms with van der Waals surface area (Å²) in [6.07, 6.45) is 3.93. The number of benzene rings is 1. The molecular weight excluding hydrogens is 302 g/mol. The van der Waals surface area contributed by atoms with Crippen molar-refractivity contribution in [2.75, 3.05) is 14.1 Å². The fourth-order valence-electron chi connectivity index (χ4n) is 2.70. The van der Waals surface area contributed by atoms with Gasteiger partial charge in [0.2, 0.25) is 10.0 Å². The van der Waals surface area contributed by atoms with Crippen molar-refractivity contribution in [2.24, 2.45) is 5.92 Å². The van der Waals surface area contributed by atoms with Crippen LogP contribution in [0, 0.1) is 5.92 Å². The second kappa shape index (κ2) is 6.79. The minimum Gasteiger partial charge on any atom is -0.459 e. The zero-order valence-electron chi connectivity index (χ0n) is 13.3. The van der Waals surface area contributed by atoms with E-state index in [0.717, 1.165) is 23.6 Å². The molecule has 0 saturated heterocycles. The molecule has 1 fully saturated rings. The largest absolute Gasteiger partial charge is 0.459 e. The van der Waals surface area contributed by atoms with Gasteiger partial charge in [-0.25, -0.2) is 17.5 Å². The number of hydrogen-bond acceptors (Lipinski definition) is 4. The molecule has 0 spiro atoms. The molecule has 5 nitrogen and oxygen atoms in total. The predicted octanol–water partition coefficient (Wildman–Crippen LogP) is 2.67. The van der Waals surface area contributed by atoms with Crippen LogP contribution in [-0.2, 0) is 14.8 Å². The number of nitrogens with zero attached hydrogens (tertiary/aromatic N) is 1. The van der Waals surface area contributed by atoms with Crippen LogP contribution in [0.15, 0.2) is 29.2 Å². The Labute approximate surface area is 132 Å². The van der Waals surface area contributed by atoms with Crippen LogP contribution >= 0.6 is 0 Å². The number of carbonyl (C=O) groups is 1. The van der Waals surface area contributed by atoms with E-state index in [1.807, 2.05) is 0 Å². The van der Waals surface area contributed by atoms with Crippen molar-refractivity contribution in [1.29, 1.82) is 0 Å². The van der Waals surface area contributed by atoms with Gasteiger partial charge in [-0.15, -0.1) is 0 Å². The van der Waals surface area contributed by atoms with Crippen LogP contribution in [0.3, 0.4) is 0 Å². The van der Waals surface area contributed by atoms with Crippen molar-refractivity contribution in [1.82, 2.24) is 4.31 Å². The lowest BCUT2D eigenvalue weighted by molar-refractivity contribution is 0.0155. The first-order chi connectivity index (χ1) is 10.3. The zero-order chi connectivity index (χ0) is 16.3. The van der Waals surface area contributed by atoms with Crippen molar-refractivity contribution in [3.05, 3.63) is 29.8 Å². The van der Waals surface area contributed by atoms with Gasteiger partial charge >= 0.3 is 5.97 Å². The normalized spacial score (nSPS) is 22.5. The molecule has 122 valence electrons. The highest BCUT2D eigenvalue weighted by atomic mass is 32.2. The highest BCUT2D eigenvalue weighted by Gasteiger charge is 2.24. The molecule has 0 heterocycles. The van der Waals surface area contributed by atoms with Crippen molar-refractivity contribution < 1.29 is 17.9 Å². The zero-order valence-corrected chi connectivity index (χ0v) is 14.1. The summed E-state index contributed by atoms with van der Waals surface area (Å²) >= 11 is 0. The summed E-state index contributed by atoms with van der Waals surface area (Å²) in [6, 6.07) is 6.01. The molecule has 0 radical (unpaired) electrons. The summed E-state index contributed by atoms with van der Waals surface area (Å²) < 4.78 is 30.9. The second-order valence-electron chi connectivity index (χ2n) is 6.11. The van der Waals surface area contributed by atoms with Gasteiger partial charge in [0.25, 0.3) is 0 Å². The Bertz CT molecular complexity index is 639. The molecule has 2 rings (SSSR count). The number of hydrogen-bond donors (Lipinski definition) is 0. The fourth-order valence-corrected chi connectivity index (χ4v) is 3.65. The van der Waals surface area contributed by atoms with E-state index < -0.39 is 16.0 Å². The SMILES string of the molecule is C[C@H]1CCC[C@@H](OC(=O)c2cccc(S(=O)(=O)N(C)C)c2)C1. The van der Waals surface area contributed by atoms with Crippen molar-refractivity contribution >= 4 is 16.0 Å². The Morgan fingerprint density at radius 2 is 2.00 bits per heavy atom. The smallest absolute Gasteiger partial charge is 0.338 e. The van der Waals surface area contributed by atoms with E-state index >= 15 is 0 Å². The van der Waals surface area contributed by atoms with Gasteiger partial charge in [-0.1, -0.05) is 19.4 Å². The van der Waals surface area contributed by atoms with Crippen LogP contribution in [0.4, 0.5) is 0 Å². The van der Waals surface area contributed by atoms with Crippen LogP contribution in [0.5, 0.6) is 0 Å². The van der Waals surface area contributed by atoms with E-state index in [-0.39, 0.29) is 16.6 Å². The molecule has 22 heavy (non-hydrogen) atoms. The van der Waals surface area contributed by atoms with Crippen molar-refractivity contribution in [2.45, 2.75) is 43.6 Å². The Morgan fingerprint density at radius 3 is 2.64 bits per heavy atom. The van der Waals surface area contributed by atoms with Crippen LogP contribution in [0.2, 0.25) is 0 Å².